The number of alkyl halides is 3. The first-order valence-corrected chi connectivity index (χ1v) is 7.99. The van der Waals surface area contributed by atoms with Crippen molar-refractivity contribution in [2.75, 3.05) is 20.7 Å². The molecule has 4 nitrogen and oxygen atoms in total. The molecule has 27 heavy (non-hydrogen) atoms. The number of hydrogen-bond acceptors (Lipinski definition) is 3. The molecular weight excluding hydrogens is 359 g/mol. The minimum atomic E-state index is -4.39. The predicted molar refractivity (Wildman–Crippen MR) is 95.4 cm³/mol. The van der Waals surface area contributed by atoms with Crippen LogP contribution >= 0.6 is 0 Å². The molecule has 0 fully saturated rings. The van der Waals surface area contributed by atoms with E-state index < -0.39 is 11.7 Å². The van der Waals surface area contributed by atoms with Crippen LogP contribution in [0.3, 0.4) is 0 Å². The maximum absolute atomic E-state index is 12.5. The summed E-state index contributed by atoms with van der Waals surface area (Å²) < 4.78 is 42.9. The molecule has 142 valence electrons. The van der Waals surface area contributed by atoms with Crippen molar-refractivity contribution in [2.45, 2.75) is 6.18 Å². The molecule has 0 bridgehead atoms. The molecule has 0 heterocycles. The molecule has 0 unspecified atom stereocenters. The van der Waals surface area contributed by atoms with Gasteiger partial charge in [-0.05, 0) is 48.0 Å². The summed E-state index contributed by atoms with van der Waals surface area (Å²) in [4.78, 5) is 25.0. The third-order valence-corrected chi connectivity index (χ3v) is 3.67. The molecular formula is C20H18F3NO3. The monoisotopic (exact) mass is 377 g/mol. The first-order chi connectivity index (χ1) is 12.7. The van der Waals surface area contributed by atoms with Gasteiger partial charge in [-0.25, -0.2) is 0 Å². The molecule has 2 aromatic rings. The van der Waals surface area contributed by atoms with Crippen LogP contribution in [-0.2, 0) is 11.0 Å². The maximum Gasteiger partial charge on any atom is 0.416 e. The number of likely N-dealkylation sites (N-methyl/N-ethyl adjacent to an activating group) is 1. The highest BCUT2D eigenvalue weighted by molar-refractivity contribution is 6.06. The lowest BCUT2D eigenvalue weighted by Gasteiger charge is -2.11. The lowest BCUT2D eigenvalue weighted by atomic mass is 10.1. The highest BCUT2D eigenvalue weighted by Crippen LogP contribution is 2.29. The van der Waals surface area contributed by atoms with Crippen molar-refractivity contribution in [1.82, 2.24) is 4.90 Å². The summed E-state index contributed by atoms with van der Waals surface area (Å²) in [7, 11) is 3.24. The standard InChI is InChI=1S/C20H18F3NO3/c1-24(2)19(26)13-27-17-10-6-15(7-11-17)18(25)12-5-14-3-8-16(9-4-14)20(21,22)23/h3-12H,13H2,1-2H3/b12-5+. The van der Waals surface area contributed by atoms with Crippen LogP contribution < -0.4 is 4.74 Å². The van der Waals surface area contributed by atoms with Crippen molar-refractivity contribution >= 4 is 17.8 Å². The summed E-state index contributed by atoms with van der Waals surface area (Å²) in [6.45, 7) is -0.103. The highest BCUT2D eigenvalue weighted by Gasteiger charge is 2.29. The second-order valence-corrected chi connectivity index (χ2v) is 5.92. The van der Waals surface area contributed by atoms with E-state index in [0.717, 1.165) is 12.1 Å². The molecule has 7 heteroatoms. The molecule has 0 aromatic heterocycles. The first-order valence-electron chi connectivity index (χ1n) is 7.99. The SMILES string of the molecule is CN(C)C(=O)COc1ccc(C(=O)/C=C/c2ccc(C(F)(F)F)cc2)cc1. The lowest BCUT2D eigenvalue weighted by Crippen LogP contribution is -2.27. The van der Waals surface area contributed by atoms with E-state index in [2.05, 4.69) is 0 Å². The Morgan fingerprint density at radius 2 is 1.59 bits per heavy atom. The van der Waals surface area contributed by atoms with Gasteiger partial charge in [0.2, 0.25) is 0 Å². The van der Waals surface area contributed by atoms with E-state index in [1.807, 2.05) is 0 Å². The van der Waals surface area contributed by atoms with Crippen LogP contribution in [0.1, 0.15) is 21.5 Å². The molecule has 0 aliphatic heterocycles. The number of ketones is 1. The normalized spacial score (nSPS) is 11.4. The van der Waals surface area contributed by atoms with Crippen molar-refractivity contribution in [1.29, 1.82) is 0 Å². The van der Waals surface area contributed by atoms with E-state index in [1.165, 1.54) is 29.2 Å². The number of amides is 1. The van der Waals surface area contributed by atoms with Crippen molar-refractivity contribution in [3.05, 3.63) is 71.3 Å². The summed E-state index contributed by atoms with van der Waals surface area (Å²) in [5.41, 5.74) is 0.136. The van der Waals surface area contributed by atoms with E-state index in [1.54, 1.807) is 38.4 Å². The van der Waals surface area contributed by atoms with Crippen LogP contribution in [0.25, 0.3) is 6.08 Å². The maximum atomic E-state index is 12.5. The molecule has 0 aliphatic rings. The van der Waals surface area contributed by atoms with Gasteiger partial charge in [-0.1, -0.05) is 18.2 Å². The summed E-state index contributed by atoms with van der Waals surface area (Å²) in [6.07, 6.45) is -1.66. The van der Waals surface area contributed by atoms with Gasteiger partial charge in [-0.3, -0.25) is 9.59 Å². The number of hydrogen-bond donors (Lipinski definition) is 0. The lowest BCUT2D eigenvalue weighted by molar-refractivity contribution is -0.137. The Kier molecular flexibility index (Phi) is 6.39. The third-order valence-electron chi connectivity index (χ3n) is 3.67. The Morgan fingerprint density at radius 1 is 1.00 bits per heavy atom. The Bertz CT molecular complexity index is 823. The number of allylic oxidation sites excluding steroid dienone is 1. The van der Waals surface area contributed by atoms with E-state index in [0.29, 0.717) is 16.9 Å². The zero-order valence-electron chi connectivity index (χ0n) is 14.8. The van der Waals surface area contributed by atoms with E-state index in [9.17, 15) is 22.8 Å². The quantitative estimate of drug-likeness (QED) is 0.563. The van der Waals surface area contributed by atoms with Gasteiger partial charge in [0.05, 0.1) is 5.56 Å². The summed E-state index contributed by atoms with van der Waals surface area (Å²) in [6, 6.07) is 10.8. The smallest absolute Gasteiger partial charge is 0.416 e. The molecule has 0 saturated carbocycles. The molecule has 0 N–H and O–H groups in total. The minimum Gasteiger partial charge on any atom is -0.484 e. The van der Waals surface area contributed by atoms with Gasteiger partial charge in [-0.15, -0.1) is 0 Å². The van der Waals surface area contributed by atoms with Crippen molar-refractivity contribution in [2.24, 2.45) is 0 Å². The van der Waals surface area contributed by atoms with Crippen LogP contribution in [0, 0.1) is 0 Å². The average molecular weight is 377 g/mol. The topological polar surface area (TPSA) is 46.6 Å². The number of rotatable bonds is 6. The molecule has 0 radical (unpaired) electrons. The summed E-state index contributed by atoms with van der Waals surface area (Å²) in [5.74, 6) is -0.0334. The fraction of sp³-hybridized carbons (Fsp3) is 0.200. The molecule has 0 saturated heterocycles. The summed E-state index contributed by atoms with van der Waals surface area (Å²) in [5, 5.41) is 0. The molecule has 1 amide bonds. The fourth-order valence-corrected chi connectivity index (χ4v) is 2.04. The van der Waals surface area contributed by atoms with Crippen LogP contribution in [-0.4, -0.2) is 37.3 Å². The summed E-state index contributed by atoms with van der Waals surface area (Å²) >= 11 is 0. The van der Waals surface area contributed by atoms with Gasteiger partial charge in [0.1, 0.15) is 5.75 Å². The number of nitrogens with zero attached hydrogens (tertiary/aromatic N) is 1. The van der Waals surface area contributed by atoms with Gasteiger partial charge in [0.25, 0.3) is 5.91 Å². The van der Waals surface area contributed by atoms with Crippen molar-refractivity contribution < 1.29 is 27.5 Å². The van der Waals surface area contributed by atoms with Gasteiger partial charge in [0.15, 0.2) is 12.4 Å². The number of halogens is 3. The van der Waals surface area contributed by atoms with Crippen LogP contribution in [0.5, 0.6) is 5.75 Å². The van der Waals surface area contributed by atoms with Crippen molar-refractivity contribution in [3.63, 3.8) is 0 Å². The van der Waals surface area contributed by atoms with Crippen LogP contribution in [0.4, 0.5) is 13.2 Å². The van der Waals surface area contributed by atoms with Gasteiger partial charge in [0, 0.05) is 19.7 Å². The van der Waals surface area contributed by atoms with E-state index >= 15 is 0 Å². The number of carbonyl (C=O) groups excluding carboxylic acids is 2. The van der Waals surface area contributed by atoms with Gasteiger partial charge >= 0.3 is 6.18 Å². The first kappa shape index (κ1) is 20.2. The van der Waals surface area contributed by atoms with Gasteiger partial charge < -0.3 is 9.64 Å². The zero-order chi connectivity index (χ0) is 20.0. The largest absolute Gasteiger partial charge is 0.484 e. The Hall–Kier alpha value is -3.09. The fourth-order valence-electron chi connectivity index (χ4n) is 2.04. The Balaban J connectivity index is 1.97. The van der Waals surface area contributed by atoms with Crippen molar-refractivity contribution in [3.8, 4) is 5.75 Å². The Morgan fingerprint density at radius 3 is 2.11 bits per heavy atom. The predicted octanol–water partition coefficient (Wildman–Crippen LogP) is 4.07. The minimum absolute atomic E-state index is 0.103. The molecule has 0 spiro atoms. The number of ether oxygens (including phenoxy) is 1. The molecule has 0 aliphatic carbocycles. The van der Waals surface area contributed by atoms with E-state index in [4.69, 9.17) is 4.74 Å². The second-order valence-electron chi connectivity index (χ2n) is 5.92. The number of carbonyl (C=O) groups is 2. The number of benzene rings is 2. The van der Waals surface area contributed by atoms with Crippen LogP contribution in [0.15, 0.2) is 54.6 Å². The van der Waals surface area contributed by atoms with Crippen LogP contribution in [0.2, 0.25) is 0 Å². The molecule has 2 aromatic carbocycles. The average Bonchev–Trinajstić information content (AvgIpc) is 2.64. The Labute approximate surface area is 154 Å². The van der Waals surface area contributed by atoms with E-state index in [-0.39, 0.29) is 18.3 Å². The zero-order valence-corrected chi connectivity index (χ0v) is 14.8. The second kappa shape index (κ2) is 8.53. The molecule has 2 rings (SSSR count). The highest BCUT2D eigenvalue weighted by atomic mass is 19.4. The third kappa shape index (κ3) is 5.99. The molecule has 0 atom stereocenters. The van der Waals surface area contributed by atoms with Gasteiger partial charge in [-0.2, -0.15) is 13.2 Å².